The third-order valence-corrected chi connectivity index (χ3v) is 2.41. The maximum absolute atomic E-state index is 10.9. The Morgan fingerprint density at radius 1 is 1.35 bits per heavy atom. The number of hydrogen-bond acceptors (Lipinski definition) is 5. The van der Waals surface area contributed by atoms with E-state index in [0.717, 1.165) is 31.7 Å². The fourth-order valence-corrected chi connectivity index (χ4v) is 1.47. The van der Waals surface area contributed by atoms with E-state index >= 15 is 0 Å². The van der Waals surface area contributed by atoms with Gasteiger partial charge in [0, 0.05) is 19.6 Å². The number of rotatable bonds is 7. The highest BCUT2D eigenvalue weighted by atomic mass is 16.1. The molecule has 0 aliphatic carbocycles. The first-order valence-corrected chi connectivity index (χ1v) is 5.77. The molecule has 17 heavy (non-hydrogen) atoms. The molecule has 0 fully saturated rings. The standard InChI is InChI=1S/C11H19N5O/c1-2-3-7-16(8-6-12)10-5-4-9(11(13)17)14-15-10/h4-5H,2-3,6-8,12H2,1H3,(H2,13,17). The Balaban J connectivity index is 2.75. The Hall–Kier alpha value is -1.69. The van der Waals surface area contributed by atoms with Crippen LogP contribution in [-0.2, 0) is 0 Å². The molecule has 4 N–H and O–H groups in total. The second kappa shape index (κ2) is 6.80. The zero-order valence-electron chi connectivity index (χ0n) is 10.1. The van der Waals surface area contributed by atoms with E-state index < -0.39 is 5.91 Å². The zero-order chi connectivity index (χ0) is 12.7. The molecule has 0 aliphatic heterocycles. The second-order valence-corrected chi connectivity index (χ2v) is 3.77. The minimum atomic E-state index is -0.567. The van der Waals surface area contributed by atoms with Gasteiger partial charge in [-0.1, -0.05) is 13.3 Å². The highest BCUT2D eigenvalue weighted by molar-refractivity contribution is 5.90. The van der Waals surface area contributed by atoms with Crippen LogP contribution in [-0.4, -0.2) is 35.7 Å². The predicted octanol–water partition coefficient (Wildman–Crippen LogP) is 0.141. The molecule has 0 aliphatic rings. The molecule has 94 valence electrons. The van der Waals surface area contributed by atoms with Gasteiger partial charge in [0.2, 0.25) is 0 Å². The van der Waals surface area contributed by atoms with E-state index in [1.54, 1.807) is 12.1 Å². The van der Waals surface area contributed by atoms with Gasteiger partial charge in [0.15, 0.2) is 11.5 Å². The van der Waals surface area contributed by atoms with Crippen LogP contribution >= 0.6 is 0 Å². The number of carbonyl (C=O) groups excluding carboxylic acids is 1. The molecule has 1 amide bonds. The zero-order valence-corrected chi connectivity index (χ0v) is 10.1. The van der Waals surface area contributed by atoms with Crippen LogP contribution in [0.1, 0.15) is 30.3 Å². The summed E-state index contributed by atoms with van der Waals surface area (Å²) in [6, 6.07) is 3.33. The number of anilines is 1. The number of amides is 1. The van der Waals surface area contributed by atoms with Crippen LogP contribution < -0.4 is 16.4 Å². The summed E-state index contributed by atoms with van der Waals surface area (Å²) in [5.41, 5.74) is 10.8. The molecule has 0 aromatic carbocycles. The maximum Gasteiger partial charge on any atom is 0.269 e. The average molecular weight is 237 g/mol. The molecular weight excluding hydrogens is 218 g/mol. The van der Waals surface area contributed by atoms with E-state index in [9.17, 15) is 4.79 Å². The summed E-state index contributed by atoms with van der Waals surface area (Å²) in [6.07, 6.45) is 2.17. The van der Waals surface area contributed by atoms with E-state index in [1.807, 2.05) is 0 Å². The molecular formula is C11H19N5O. The van der Waals surface area contributed by atoms with Crippen molar-refractivity contribution in [2.24, 2.45) is 11.5 Å². The number of carbonyl (C=O) groups is 1. The Kier molecular flexibility index (Phi) is 5.35. The number of nitrogens with zero attached hydrogens (tertiary/aromatic N) is 3. The van der Waals surface area contributed by atoms with E-state index in [2.05, 4.69) is 22.0 Å². The lowest BCUT2D eigenvalue weighted by atomic mass is 10.3. The van der Waals surface area contributed by atoms with Crippen molar-refractivity contribution in [1.29, 1.82) is 0 Å². The van der Waals surface area contributed by atoms with Crippen LogP contribution in [0.15, 0.2) is 12.1 Å². The molecule has 0 bridgehead atoms. The van der Waals surface area contributed by atoms with E-state index in [-0.39, 0.29) is 5.69 Å². The normalized spacial score (nSPS) is 10.2. The Labute approximate surface area is 101 Å². The van der Waals surface area contributed by atoms with Crippen molar-refractivity contribution < 1.29 is 4.79 Å². The number of primary amides is 1. The van der Waals surface area contributed by atoms with Crippen molar-refractivity contribution in [2.75, 3.05) is 24.5 Å². The minimum Gasteiger partial charge on any atom is -0.364 e. The molecule has 0 atom stereocenters. The third kappa shape index (κ3) is 3.99. The van der Waals surface area contributed by atoms with E-state index in [4.69, 9.17) is 11.5 Å². The summed E-state index contributed by atoms with van der Waals surface area (Å²) in [4.78, 5) is 12.9. The van der Waals surface area contributed by atoms with Gasteiger partial charge in [-0.2, -0.15) is 0 Å². The topological polar surface area (TPSA) is 98.1 Å². The van der Waals surface area contributed by atoms with Gasteiger partial charge >= 0.3 is 0 Å². The number of nitrogens with two attached hydrogens (primary N) is 2. The predicted molar refractivity (Wildman–Crippen MR) is 66.7 cm³/mol. The van der Waals surface area contributed by atoms with Crippen molar-refractivity contribution in [2.45, 2.75) is 19.8 Å². The first-order chi connectivity index (χ1) is 8.19. The quantitative estimate of drug-likeness (QED) is 0.703. The summed E-state index contributed by atoms with van der Waals surface area (Å²) in [7, 11) is 0. The van der Waals surface area contributed by atoms with Crippen molar-refractivity contribution in [3.8, 4) is 0 Å². The van der Waals surface area contributed by atoms with Crippen LogP contribution in [0.4, 0.5) is 5.82 Å². The molecule has 1 heterocycles. The van der Waals surface area contributed by atoms with Crippen LogP contribution in [0, 0.1) is 0 Å². The summed E-state index contributed by atoms with van der Waals surface area (Å²) in [5, 5.41) is 7.77. The van der Waals surface area contributed by atoms with Crippen molar-refractivity contribution in [1.82, 2.24) is 10.2 Å². The molecule has 0 spiro atoms. The monoisotopic (exact) mass is 237 g/mol. The van der Waals surface area contributed by atoms with Crippen LogP contribution in [0.25, 0.3) is 0 Å². The van der Waals surface area contributed by atoms with Gasteiger partial charge in [-0.25, -0.2) is 0 Å². The fourth-order valence-electron chi connectivity index (χ4n) is 1.47. The largest absolute Gasteiger partial charge is 0.364 e. The number of aromatic nitrogens is 2. The Morgan fingerprint density at radius 3 is 2.59 bits per heavy atom. The van der Waals surface area contributed by atoms with Crippen molar-refractivity contribution in [3.05, 3.63) is 17.8 Å². The van der Waals surface area contributed by atoms with Crippen molar-refractivity contribution >= 4 is 11.7 Å². The van der Waals surface area contributed by atoms with Crippen LogP contribution in [0.5, 0.6) is 0 Å². The lowest BCUT2D eigenvalue weighted by molar-refractivity contribution is 0.0994. The molecule has 1 aromatic heterocycles. The lowest BCUT2D eigenvalue weighted by Crippen LogP contribution is -2.31. The molecule has 0 unspecified atom stereocenters. The highest BCUT2D eigenvalue weighted by Crippen LogP contribution is 2.10. The first-order valence-electron chi connectivity index (χ1n) is 5.77. The third-order valence-electron chi connectivity index (χ3n) is 2.41. The smallest absolute Gasteiger partial charge is 0.269 e. The number of hydrogen-bond donors (Lipinski definition) is 2. The molecule has 1 aromatic rings. The summed E-state index contributed by atoms with van der Waals surface area (Å²) < 4.78 is 0. The van der Waals surface area contributed by atoms with Gasteiger partial charge in [-0.15, -0.1) is 10.2 Å². The molecule has 6 nitrogen and oxygen atoms in total. The lowest BCUT2D eigenvalue weighted by Gasteiger charge is -2.22. The minimum absolute atomic E-state index is 0.178. The Bertz CT molecular complexity index is 351. The summed E-state index contributed by atoms with van der Waals surface area (Å²) >= 11 is 0. The molecule has 1 rings (SSSR count). The van der Waals surface area contributed by atoms with Crippen LogP contribution in [0.2, 0.25) is 0 Å². The molecule has 0 saturated carbocycles. The van der Waals surface area contributed by atoms with Gasteiger partial charge in [0.25, 0.3) is 5.91 Å². The summed E-state index contributed by atoms with van der Waals surface area (Å²) in [6.45, 7) is 4.30. The Morgan fingerprint density at radius 2 is 2.12 bits per heavy atom. The first kappa shape index (κ1) is 13.4. The van der Waals surface area contributed by atoms with Gasteiger partial charge in [-0.05, 0) is 18.6 Å². The average Bonchev–Trinajstić information content (AvgIpc) is 2.34. The maximum atomic E-state index is 10.9. The van der Waals surface area contributed by atoms with Crippen molar-refractivity contribution in [3.63, 3.8) is 0 Å². The molecule has 0 saturated heterocycles. The second-order valence-electron chi connectivity index (χ2n) is 3.77. The van der Waals surface area contributed by atoms with Gasteiger partial charge < -0.3 is 16.4 Å². The van der Waals surface area contributed by atoms with Gasteiger partial charge in [0.1, 0.15) is 0 Å². The highest BCUT2D eigenvalue weighted by Gasteiger charge is 2.09. The van der Waals surface area contributed by atoms with Gasteiger partial charge in [-0.3, -0.25) is 4.79 Å². The van der Waals surface area contributed by atoms with E-state index in [0.29, 0.717) is 6.54 Å². The fraction of sp³-hybridized carbons (Fsp3) is 0.545. The van der Waals surface area contributed by atoms with Crippen LogP contribution in [0.3, 0.4) is 0 Å². The summed E-state index contributed by atoms with van der Waals surface area (Å²) in [5.74, 6) is 0.164. The van der Waals surface area contributed by atoms with Gasteiger partial charge in [0.05, 0.1) is 0 Å². The SMILES string of the molecule is CCCCN(CCN)c1ccc(C(N)=O)nn1. The molecule has 0 radical (unpaired) electrons. The number of unbranched alkanes of at least 4 members (excludes halogenated alkanes) is 1. The van der Waals surface area contributed by atoms with E-state index in [1.165, 1.54) is 0 Å². The molecule has 6 heteroatoms.